The average molecular weight is 404 g/mol. The number of hydrogen-bond donors (Lipinski definition) is 1. The summed E-state index contributed by atoms with van der Waals surface area (Å²) in [5, 5.41) is 11.4. The van der Waals surface area contributed by atoms with E-state index in [0.717, 1.165) is 19.3 Å². The first kappa shape index (κ1) is 21.3. The number of benzene rings is 2. The molecular weight excluding hydrogens is 380 g/mol. The number of esters is 1. The van der Waals surface area contributed by atoms with E-state index in [9.17, 15) is 14.4 Å². The first-order valence-corrected chi connectivity index (χ1v) is 10.1. The molecule has 154 valence electrons. The van der Waals surface area contributed by atoms with Gasteiger partial charge in [-0.15, -0.1) is 0 Å². The van der Waals surface area contributed by atoms with Crippen LogP contribution in [-0.4, -0.2) is 23.8 Å². The molecule has 0 radical (unpaired) electrons. The molecule has 3 rings (SSSR count). The number of anilines is 1. The largest absolute Gasteiger partial charge is 0.453 e. The van der Waals surface area contributed by atoms with Crippen LogP contribution < -0.4 is 5.32 Å². The molecule has 6 nitrogen and oxygen atoms in total. The molecule has 1 aliphatic rings. The Kier molecular flexibility index (Phi) is 6.97. The minimum absolute atomic E-state index is 0.0432. The van der Waals surface area contributed by atoms with Crippen molar-refractivity contribution in [3.8, 4) is 6.07 Å². The van der Waals surface area contributed by atoms with Crippen molar-refractivity contribution >= 4 is 23.3 Å². The monoisotopic (exact) mass is 404 g/mol. The highest BCUT2D eigenvalue weighted by atomic mass is 16.5. The number of aryl methyl sites for hydroxylation is 2. The molecule has 1 aliphatic carbocycles. The van der Waals surface area contributed by atoms with Crippen LogP contribution in [-0.2, 0) is 27.2 Å². The van der Waals surface area contributed by atoms with Gasteiger partial charge in [0.05, 0.1) is 18.1 Å². The fourth-order valence-corrected chi connectivity index (χ4v) is 3.45. The third-order valence-electron chi connectivity index (χ3n) is 5.19. The number of fused-ring (bicyclic) bond motifs is 1. The fourth-order valence-electron chi connectivity index (χ4n) is 3.45. The Balaban J connectivity index is 1.46. The summed E-state index contributed by atoms with van der Waals surface area (Å²) in [5.74, 6) is -1.17. The van der Waals surface area contributed by atoms with Gasteiger partial charge < -0.3 is 10.1 Å². The molecule has 6 heteroatoms. The zero-order chi connectivity index (χ0) is 21.5. The summed E-state index contributed by atoms with van der Waals surface area (Å²) in [6.45, 7) is 1.47. The molecule has 0 saturated heterocycles. The van der Waals surface area contributed by atoms with Gasteiger partial charge in [-0.1, -0.05) is 12.1 Å². The summed E-state index contributed by atoms with van der Waals surface area (Å²) in [5.41, 5.74) is 4.14. The predicted molar refractivity (Wildman–Crippen MR) is 112 cm³/mol. The Morgan fingerprint density at radius 2 is 1.73 bits per heavy atom. The summed E-state index contributed by atoms with van der Waals surface area (Å²) < 4.78 is 5.15. The van der Waals surface area contributed by atoms with Crippen molar-refractivity contribution in [3.05, 3.63) is 64.7 Å². The van der Waals surface area contributed by atoms with Crippen LogP contribution in [0.1, 0.15) is 59.7 Å². The molecule has 1 amide bonds. The van der Waals surface area contributed by atoms with Crippen LogP contribution >= 0.6 is 0 Å². The zero-order valence-electron chi connectivity index (χ0n) is 16.9. The molecule has 0 bridgehead atoms. The van der Waals surface area contributed by atoms with Gasteiger partial charge in [-0.25, -0.2) is 0 Å². The molecule has 2 aromatic carbocycles. The molecule has 1 N–H and O–H groups in total. The van der Waals surface area contributed by atoms with E-state index in [1.54, 1.807) is 24.3 Å². The lowest BCUT2D eigenvalue weighted by Gasteiger charge is -2.16. The normalized spacial score (nSPS) is 13.5. The Labute approximate surface area is 175 Å². The summed E-state index contributed by atoms with van der Waals surface area (Å²) in [6.07, 6.45) is 3.34. The molecule has 2 aromatic rings. The first-order valence-electron chi connectivity index (χ1n) is 10.1. The van der Waals surface area contributed by atoms with Crippen molar-refractivity contribution in [1.29, 1.82) is 5.26 Å². The van der Waals surface area contributed by atoms with Crippen LogP contribution in [0.4, 0.5) is 5.69 Å². The Bertz CT molecular complexity index is 989. The maximum Gasteiger partial charge on any atom is 0.307 e. The maximum absolute atomic E-state index is 12.4. The van der Waals surface area contributed by atoms with Gasteiger partial charge in [0.15, 0.2) is 11.9 Å². The molecule has 0 aliphatic heterocycles. The minimum atomic E-state index is -0.994. The number of ketones is 1. The van der Waals surface area contributed by atoms with Crippen LogP contribution in [0.15, 0.2) is 42.5 Å². The smallest absolute Gasteiger partial charge is 0.307 e. The second-order valence-corrected chi connectivity index (χ2v) is 7.42. The molecule has 0 saturated carbocycles. The highest BCUT2D eigenvalue weighted by Gasteiger charge is 2.19. The van der Waals surface area contributed by atoms with Crippen molar-refractivity contribution in [1.82, 2.24) is 0 Å². The third-order valence-corrected chi connectivity index (χ3v) is 5.19. The Morgan fingerprint density at radius 1 is 1.03 bits per heavy atom. The highest BCUT2D eigenvalue weighted by Crippen LogP contribution is 2.23. The fraction of sp³-hybridized carbons (Fsp3) is 0.333. The summed E-state index contributed by atoms with van der Waals surface area (Å²) in [4.78, 5) is 36.7. The second kappa shape index (κ2) is 9.84. The number of hydrogen-bond acceptors (Lipinski definition) is 5. The quantitative estimate of drug-likeness (QED) is 0.556. The number of carbonyl (C=O) groups is 3. The molecule has 0 spiro atoms. The van der Waals surface area contributed by atoms with Gasteiger partial charge in [0.25, 0.3) is 5.91 Å². The van der Waals surface area contributed by atoms with Crippen LogP contribution in [0.25, 0.3) is 0 Å². The number of Topliss-reactive ketones (excluding diaryl/α,β-unsaturated/α-hetero) is 1. The standard InChI is InChI=1S/C24H24N2O4/c1-16(24(29)26-21-10-6-17(15-25)7-11-21)30-23(28)13-12-22(27)20-9-8-18-4-2-3-5-19(18)14-20/h6-11,14,16H,2-5,12-13H2,1H3,(H,26,29)/t16-/m0/s1. The van der Waals surface area contributed by atoms with E-state index in [1.165, 1.54) is 24.5 Å². The van der Waals surface area contributed by atoms with Crippen molar-refractivity contribution in [2.24, 2.45) is 0 Å². The van der Waals surface area contributed by atoms with E-state index in [2.05, 4.69) is 5.32 Å². The topological polar surface area (TPSA) is 96.3 Å². The number of amides is 1. The number of carbonyl (C=O) groups excluding carboxylic acids is 3. The second-order valence-electron chi connectivity index (χ2n) is 7.42. The lowest BCUT2D eigenvalue weighted by Crippen LogP contribution is -2.30. The Morgan fingerprint density at radius 3 is 2.43 bits per heavy atom. The van der Waals surface area contributed by atoms with E-state index < -0.39 is 18.0 Å². The van der Waals surface area contributed by atoms with Gasteiger partial charge in [-0.2, -0.15) is 5.26 Å². The van der Waals surface area contributed by atoms with E-state index in [0.29, 0.717) is 16.8 Å². The predicted octanol–water partition coefficient (Wildman–Crippen LogP) is 3.97. The van der Waals surface area contributed by atoms with E-state index in [4.69, 9.17) is 10.00 Å². The summed E-state index contributed by atoms with van der Waals surface area (Å²) >= 11 is 0. The van der Waals surface area contributed by atoms with E-state index in [1.807, 2.05) is 24.3 Å². The van der Waals surface area contributed by atoms with Gasteiger partial charge in [-0.05, 0) is 74.1 Å². The van der Waals surface area contributed by atoms with Crippen LogP contribution in [0, 0.1) is 11.3 Å². The number of nitrogens with one attached hydrogen (secondary N) is 1. The van der Waals surface area contributed by atoms with Gasteiger partial charge in [0, 0.05) is 17.7 Å². The lowest BCUT2D eigenvalue weighted by atomic mass is 9.89. The van der Waals surface area contributed by atoms with Crippen LogP contribution in [0.3, 0.4) is 0 Å². The van der Waals surface area contributed by atoms with Gasteiger partial charge in [0.1, 0.15) is 0 Å². The van der Waals surface area contributed by atoms with Crippen LogP contribution in [0.2, 0.25) is 0 Å². The average Bonchev–Trinajstić information content (AvgIpc) is 2.77. The molecule has 0 heterocycles. The number of nitrogens with zero attached hydrogens (tertiary/aromatic N) is 1. The maximum atomic E-state index is 12.4. The molecule has 0 fully saturated rings. The molecular formula is C24H24N2O4. The van der Waals surface area contributed by atoms with Gasteiger partial charge in [-0.3, -0.25) is 14.4 Å². The third kappa shape index (κ3) is 5.54. The van der Waals surface area contributed by atoms with E-state index in [-0.39, 0.29) is 18.6 Å². The minimum Gasteiger partial charge on any atom is -0.453 e. The lowest BCUT2D eigenvalue weighted by molar-refractivity contribution is -0.153. The number of rotatable bonds is 7. The van der Waals surface area contributed by atoms with Crippen molar-refractivity contribution < 1.29 is 19.1 Å². The zero-order valence-corrected chi connectivity index (χ0v) is 16.9. The SMILES string of the molecule is C[C@H](OC(=O)CCC(=O)c1ccc2c(c1)CCCC2)C(=O)Nc1ccc(C#N)cc1. The van der Waals surface area contributed by atoms with Crippen molar-refractivity contribution in [3.63, 3.8) is 0 Å². The van der Waals surface area contributed by atoms with Gasteiger partial charge in [0.2, 0.25) is 0 Å². The van der Waals surface area contributed by atoms with E-state index >= 15 is 0 Å². The molecule has 30 heavy (non-hydrogen) atoms. The highest BCUT2D eigenvalue weighted by molar-refractivity contribution is 5.98. The van der Waals surface area contributed by atoms with Crippen molar-refractivity contribution in [2.45, 2.75) is 51.6 Å². The van der Waals surface area contributed by atoms with Gasteiger partial charge >= 0.3 is 5.97 Å². The molecule has 0 unspecified atom stereocenters. The number of ether oxygens (including phenoxy) is 1. The van der Waals surface area contributed by atoms with Crippen molar-refractivity contribution in [2.75, 3.05) is 5.32 Å². The van der Waals surface area contributed by atoms with Crippen LogP contribution in [0.5, 0.6) is 0 Å². The summed E-state index contributed by atoms with van der Waals surface area (Å²) in [7, 11) is 0. The molecule has 1 atom stereocenters. The number of nitriles is 1. The first-order chi connectivity index (χ1) is 14.5. The Hall–Kier alpha value is -3.46. The summed E-state index contributed by atoms with van der Waals surface area (Å²) in [6, 6.07) is 14.1. The molecule has 0 aromatic heterocycles.